The molecule has 18 heavy (non-hydrogen) atoms. The first-order chi connectivity index (χ1) is 8.74. The second-order valence-corrected chi connectivity index (χ2v) is 5.77. The number of benzene rings is 1. The van der Waals surface area contributed by atoms with Crippen LogP contribution in [-0.2, 0) is 4.79 Å². The number of nitrogens with one attached hydrogen (secondary N) is 1. The molecule has 1 amide bonds. The minimum absolute atomic E-state index is 0.0436. The van der Waals surface area contributed by atoms with E-state index in [2.05, 4.69) is 21.8 Å². The highest BCUT2D eigenvalue weighted by Gasteiger charge is 2.05. The summed E-state index contributed by atoms with van der Waals surface area (Å²) >= 11 is 3.01. The largest absolute Gasteiger partial charge is 0.316 e. The Labute approximate surface area is 115 Å². The average Bonchev–Trinajstić information content (AvgIpc) is 2.76. The summed E-state index contributed by atoms with van der Waals surface area (Å²) in [7, 11) is 0. The number of nitrogens with zero attached hydrogens (tertiary/aromatic N) is 1. The van der Waals surface area contributed by atoms with Gasteiger partial charge in [-0.1, -0.05) is 18.2 Å². The summed E-state index contributed by atoms with van der Waals surface area (Å²) in [5.74, 6) is 0.829. The molecule has 0 atom stereocenters. The van der Waals surface area contributed by atoms with Gasteiger partial charge < -0.3 is 5.32 Å². The molecule has 0 aliphatic rings. The van der Waals surface area contributed by atoms with E-state index in [-0.39, 0.29) is 5.91 Å². The van der Waals surface area contributed by atoms with Crippen molar-refractivity contribution in [3.8, 4) is 0 Å². The summed E-state index contributed by atoms with van der Waals surface area (Å²) in [5, 5.41) is 3.67. The summed E-state index contributed by atoms with van der Waals surface area (Å²) in [6.07, 6.45) is 0.510. The molecule has 0 unspecified atom stereocenters. The van der Waals surface area contributed by atoms with Crippen LogP contribution in [0.3, 0.4) is 0 Å². The fraction of sp³-hybridized carbons (Fsp3) is 0.231. The molecule has 0 radical (unpaired) electrons. The third-order valence-electron chi connectivity index (χ3n) is 2.23. The van der Waals surface area contributed by atoms with Gasteiger partial charge in [-0.05, 0) is 36.7 Å². The van der Waals surface area contributed by atoms with Crippen molar-refractivity contribution in [3.63, 3.8) is 0 Å². The van der Waals surface area contributed by atoms with Crippen LogP contribution in [0.25, 0.3) is 0 Å². The second-order valence-electron chi connectivity index (χ2n) is 3.79. The third-order valence-corrected chi connectivity index (χ3v) is 4.04. The number of carbonyl (C=O) groups excluding carboxylic acids is 1. The number of aromatic nitrogens is 1. The van der Waals surface area contributed by atoms with Gasteiger partial charge in [-0.2, -0.15) is 4.37 Å². The van der Waals surface area contributed by atoms with Crippen molar-refractivity contribution >= 4 is 34.2 Å². The zero-order valence-electron chi connectivity index (χ0n) is 10.1. The standard InChI is InChI=1S/C13H14N2OS2/c1-10-9-13(18-15-10)14-12(16)7-8-17-11-5-3-2-4-6-11/h2-6,9H,7-8H2,1H3,(H,14,16). The van der Waals surface area contributed by atoms with Crippen LogP contribution in [0, 0.1) is 6.92 Å². The van der Waals surface area contributed by atoms with Crippen LogP contribution in [0.4, 0.5) is 5.00 Å². The number of hydrogen-bond donors (Lipinski definition) is 1. The van der Waals surface area contributed by atoms with Crippen LogP contribution in [0.2, 0.25) is 0 Å². The van der Waals surface area contributed by atoms with Crippen molar-refractivity contribution in [2.75, 3.05) is 11.1 Å². The Morgan fingerprint density at radius 1 is 1.39 bits per heavy atom. The summed E-state index contributed by atoms with van der Waals surface area (Å²) in [5.41, 5.74) is 0.939. The molecule has 1 N–H and O–H groups in total. The van der Waals surface area contributed by atoms with Crippen LogP contribution in [0.5, 0.6) is 0 Å². The lowest BCUT2D eigenvalue weighted by Gasteiger charge is -2.02. The minimum atomic E-state index is 0.0436. The maximum atomic E-state index is 11.7. The Hall–Kier alpha value is -1.33. The number of carbonyl (C=O) groups is 1. The van der Waals surface area contributed by atoms with E-state index < -0.39 is 0 Å². The summed E-state index contributed by atoms with van der Waals surface area (Å²) in [4.78, 5) is 12.9. The van der Waals surface area contributed by atoms with E-state index in [1.54, 1.807) is 11.8 Å². The van der Waals surface area contributed by atoms with Crippen LogP contribution >= 0.6 is 23.3 Å². The van der Waals surface area contributed by atoms with Gasteiger partial charge >= 0.3 is 0 Å². The van der Waals surface area contributed by atoms with Gasteiger partial charge in [0.2, 0.25) is 5.91 Å². The van der Waals surface area contributed by atoms with E-state index in [1.165, 1.54) is 16.4 Å². The molecule has 0 aliphatic carbocycles. The third kappa shape index (κ3) is 4.16. The lowest BCUT2D eigenvalue weighted by molar-refractivity contribution is -0.115. The zero-order valence-corrected chi connectivity index (χ0v) is 11.7. The molecule has 2 rings (SSSR count). The van der Waals surface area contributed by atoms with Crippen LogP contribution in [0.15, 0.2) is 41.3 Å². The molecule has 94 valence electrons. The molecule has 0 bridgehead atoms. The van der Waals surface area contributed by atoms with Crippen LogP contribution < -0.4 is 5.32 Å². The first-order valence-corrected chi connectivity index (χ1v) is 7.41. The summed E-state index contributed by atoms with van der Waals surface area (Å²) < 4.78 is 4.12. The molecule has 2 aromatic rings. The lowest BCUT2D eigenvalue weighted by atomic mass is 10.4. The minimum Gasteiger partial charge on any atom is -0.316 e. The van der Waals surface area contributed by atoms with Gasteiger partial charge in [-0.15, -0.1) is 11.8 Å². The molecule has 1 aromatic heterocycles. The van der Waals surface area contributed by atoms with Gasteiger partial charge in [0.15, 0.2) is 0 Å². The molecule has 5 heteroatoms. The van der Waals surface area contributed by atoms with Crippen LogP contribution in [0.1, 0.15) is 12.1 Å². The van der Waals surface area contributed by atoms with Crippen molar-refractivity contribution < 1.29 is 4.79 Å². The van der Waals surface area contributed by atoms with Crippen molar-refractivity contribution in [2.24, 2.45) is 0 Å². The molecule has 0 saturated heterocycles. The van der Waals surface area contributed by atoms with Gasteiger partial charge in [-0.3, -0.25) is 4.79 Å². The first-order valence-electron chi connectivity index (χ1n) is 5.65. The highest BCUT2D eigenvalue weighted by atomic mass is 32.2. The number of anilines is 1. The predicted molar refractivity (Wildman–Crippen MR) is 77.3 cm³/mol. The second kappa shape index (κ2) is 6.56. The quantitative estimate of drug-likeness (QED) is 0.850. The van der Waals surface area contributed by atoms with E-state index in [0.717, 1.165) is 16.4 Å². The molecule has 0 fully saturated rings. The maximum absolute atomic E-state index is 11.7. The van der Waals surface area contributed by atoms with Gasteiger partial charge in [-0.25, -0.2) is 0 Å². The molecular weight excluding hydrogens is 264 g/mol. The maximum Gasteiger partial charge on any atom is 0.225 e. The fourth-order valence-corrected chi connectivity index (χ4v) is 2.95. The van der Waals surface area contributed by atoms with E-state index in [0.29, 0.717) is 6.42 Å². The smallest absolute Gasteiger partial charge is 0.225 e. The first kappa shape index (κ1) is 13.1. The SMILES string of the molecule is Cc1cc(NC(=O)CCSc2ccccc2)sn1. The monoisotopic (exact) mass is 278 g/mol. The number of rotatable bonds is 5. The van der Waals surface area contributed by atoms with Gasteiger partial charge in [0.05, 0.1) is 5.69 Å². The number of amides is 1. The zero-order chi connectivity index (χ0) is 12.8. The lowest BCUT2D eigenvalue weighted by Crippen LogP contribution is -2.11. The topological polar surface area (TPSA) is 42.0 Å². The average molecular weight is 278 g/mol. The Morgan fingerprint density at radius 3 is 2.83 bits per heavy atom. The number of aryl methyl sites for hydroxylation is 1. The van der Waals surface area contributed by atoms with E-state index in [1.807, 2.05) is 31.2 Å². The Bertz CT molecular complexity index is 511. The van der Waals surface area contributed by atoms with Crippen molar-refractivity contribution in [1.82, 2.24) is 4.37 Å². The number of hydrogen-bond acceptors (Lipinski definition) is 4. The normalized spacial score (nSPS) is 10.3. The van der Waals surface area contributed by atoms with E-state index in [4.69, 9.17) is 0 Å². The molecular formula is C13H14N2OS2. The Balaban J connectivity index is 1.72. The molecule has 3 nitrogen and oxygen atoms in total. The molecule has 1 heterocycles. The highest BCUT2D eigenvalue weighted by Crippen LogP contribution is 2.19. The molecule has 1 aromatic carbocycles. The van der Waals surface area contributed by atoms with Gasteiger partial charge in [0.1, 0.15) is 5.00 Å². The van der Waals surface area contributed by atoms with E-state index >= 15 is 0 Å². The molecule has 0 saturated carbocycles. The van der Waals surface area contributed by atoms with Crippen molar-refractivity contribution in [1.29, 1.82) is 0 Å². The van der Waals surface area contributed by atoms with Crippen molar-refractivity contribution in [2.45, 2.75) is 18.2 Å². The van der Waals surface area contributed by atoms with Crippen LogP contribution in [-0.4, -0.2) is 16.0 Å². The Kier molecular flexibility index (Phi) is 4.78. The van der Waals surface area contributed by atoms with Gasteiger partial charge in [0.25, 0.3) is 0 Å². The predicted octanol–water partition coefficient (Wildman–Crippen LogP) is 3.57. The highest BCUT2D eigenvalue weighted by molar-refractivity contribution is 7.99. The number of thioether (sulfide) groups is 1. The fourth-order valence-electron chi connectivity index (χ4n) is 1.40. The molecule has 0 spiro atoms. The Morgan fingerprint density at radius 2 is 2.17 bits per heavy atom. The summed E-state index contributed by atoms with van der Waals surface area (Å²) in [6.45, 7) is 1.91. The summed E-state index contributed by atoms with van der Waals surface area (Å²) in [6, 6.07) is 12.0. The van der Waals surface area contributed by atoms with E-state index in [9.17, 15) is 4.79 Å². The molecule has 0 aliphatic heterocycles. The van der Waals surface area contributed by atoms with Crippen molar-refractivity contribution in [3.05, 3.63) is 42.1 Å². The van der Waals surface area contributed by atoms with Gasteiger partial charge in [0, 0.05) is 17.1 Å².